The first kappa shape index (κ1) is 25.9. The number of non-ortho nitro benzene ring substituents is 1. The molecule has 2 aromatic carbocycles. The molecule has 4 aromatic rings. The normalized spacial score (nSPS) is 12.0. The molecule has 0 fully saturated rings. The molecule has 0 aliphatic carbocycles. The highest BCUT2D eigenvalue weighted by molar-refractivity contribution is 7.99. The van der Waals surface area contributed by atoms with E-state index in [4.69, 9.17) is 4.74 Å². The number of aromatic amines is 1. The molecule has 2 N–H and O–H groups in total. The predicted octanol–water partition coefficient (Wildman–Crippen LogP) is 2.05. The van der Waals surface area contributed by atoms with E-state index in [1.807, 2.05) is 25.1 Å². The van der Waals surface area contributed by atoms with E-state index < -0.39 is 22.3 Å². The molecule has 12 nitrogen and oxygen atoms in total. The number of fused-ring (bicyclic) bond motifs is 1. The first-order valence-corrected chi connectivity index (χ1v) is 12.1. The van der Waals surface area contributed by atoms with Crippen LogP contribution < -0.4 is 16.0 Å². The summed E-state index contributed by atoms with van der Waals surface area (Å²) in [6, 6.07) is 12.6. The number of hydrogen-bond donors (Lipinski definition) is 2. The van der Waals surface area contributed by atoms with Crippen molar-refractivity contribution in [1.82, 2.24) is 19.1 Å². The van der Waals surface area contributed by atoms with Gasteiger partial charge in [-0.2, -0.15) is 0 Å². The maximum atomic E-state index is 12.7. The Morgan fingerprint density at radius 2 is 1.92 bits per heavy atom. The van der Waals surface area contributed by atoms with Crippen LogP contribution in [-0.4, -0.2) is 53.4 Å². The number of aromatic nitrogens is 4. The van der Waals surface area contributed by atoms with Gasteiger partial charge in [0.1, 0.15) is 18.5 Å². The molecular weight excluding hydrogens is 502 g/mol. The van der Waals surface area contributed by atoms with Gasteiger partial charge in [-0.25, -0.2) is 9.78 Å². The molecular formula is C24H23N5O7S. The molecule has 0 saturated heterocycles. The summed E-state index contributed by atoms with van der Waals surface area (Å²) >= 11 is 1.02. The summed E-state index contributed by atoms with van der Waals surface area (Å²) in [4.78, 5) is 54.4. The lowest BCUT2D eigenvalue weighted by molar-refractivity contribution is -0.384. The number of aliphatic hydroxyl groups is 1. The fraction of sp³-hybridized carbons (Fsp3) is 0.250. The van der Waals surface area contributed by atoms with E-state index in [9.17, 15) is 29.6 Å². The molecule has 0 bridgehead atoms. The number of nitrogens with one attached hydrogen (secondary N) is 1. The van der Waals surface area contributed by atoms with E-state index in [-0.39, 0.29) is 52.3 Å². The standard InChI is InChI=1S/C24H23N5O7S/c1-14-5-3-4-6-19(14)36-12-17(30)11-28-20-21(27(2)23(33)26-22(20)32)25-24(28)37-13-18(31)15-7-9-16(10-8-15)29(34)35/h3-10,17,30H,11-13H2,1-2H3,(H,26,32,33). The minimum atomic E-state index is -1.04. The fourth-order valence-electron chi connectivity index (χ4n) is 3.64. The highest BCUT2D eigenvalue weighted by Crippen LogP contribution is 2.24. The van der Waals surface area contributed by atoms with Crippen LogP contribution >= 0.6 is 11.8 Å². The highest BCUT2D eigenvalue weighted by atomic mass is 32.2. The fourth-order valence-corrected chi connectivity index (χ4v) is 4.54. The molecule has 1 unspecified atom stereocenters. The summed E-state index contributed by atoms with van der Waals surface area (Å²) in [5.74, 6) is 0.202. The largest absolute Gasteiger partial charge is 0.491 e. The number of aliphatic hydroxyl groups excluding tert-OH is 1. The molecule has 0 aliphatic heterocycles. The Morgan fingerprint density at radius 1 is 1.22 bits per heavy atom. The Kier molecular flexibility index (Phi) is 7.55. The summed E-state index contributed by atoms with van der Waals surface area (Å²) in [5.41, 5.74) is -0.107. The predicted molar refractivity (Wildman–Crippen MR) is 136 cm³/mol. The number of thioether (sulfide) groups is 1. The van der Waals surface area contributed by atoms with Crippen LogP contribution in [0.25, 0.3) is 11.2 Å². The van der Waals surface area contributed by atoms with Gasteiger partial charge in [-0.15, -0.1) is 0 Å². The van der Waals surface area contributed by atoms with Crippen molar-refractivity contribution in [3.8, 4) is 5.75 Å². The molecule has 13 heteroatoms. The van der Waals surface area contributed by atoms with Gasteiger partial charge in [-0.05, 0) is 30.7 Å². The number of carbonyl (C=O) groups is 1. The van der Waals surface area contributed by atoms with E-state index in [0.29, 0.717) is 5.75 Å². The minimum Gasteiger partial charge on any atom is -0.491 e. The topological polar surface area (TPSA) is 162 Å². The molecule has 0 saturated carbocycles. The summed E-state index contributed by atoms with van der Waals surface area (Å²) in [7, 11) is 1.45. The van der Waals surface area contributed by atoms with E-state index >= 15 is 0 Å². The number of ether oxygens (including phenoxy) is 1. The van der Waals surface area contributed by atoms with Crippen LogP contribution in [0, 0.1) is 17.0 Å². The molecule has 0 spiro atoms. The van der Waals surface area contributed by atoms with Gasteiger partial charge >= 0.3 is 5.69 Å². The Bertz CT molecular complexity index is 1590. The Hall–Kier alpha value is -4.23. The number of nitro groups is 1. The lowest BCUT2D eigenvalue weighted by atomic mass is 10.1. The molecule has 0 amide bonds. The van der Waals surface area contributed by atoms with E-state index in [0.717, 1.165) is 17.3 Å². The first-order chi connectivity index (χ1) is 17.7. The molecule has 37 heavy (non-hydrogen) atoms. The summed E-state index contributed by atoms with van der Waals surface area (Å²) in [6.45, 7) is 1.72. The Labute approximate surface area is 213 Å². The Balaban J connectivity index is 1.59. The van der Waals surface area contributed by atoms with Gasteiger partial charge in [-0.1, -0.05) is 30.0 Å². The summed E-state index contributed by atoms with van der Waals surface area (Å²) in [6.07, 6.45) is -1.04. The number of hydrogen-bond acceptors (Lipinski definition) is 9. The van der Waals surface area contributed by atoms with Crippen LogP contribution in [0.3, 0.4) is 0 Å². The molecule has 0 aliphatic rings. The van der Waals surface area contributed by atoms with Crippen LogP contribution in [0.1, 0.15) is 15.9 Å². The quantitative estimate of drug-likeness (QED) is 0.137. The van der Waals surface area contributed by atoms with E-state index in [1.54, 1.807) is 6.07 Å². The van der Waals surface area contributed by atoms with Crippen LogP contribution in [0.2, 0.25) is 0 Å². The Morgan fingerprint density at radius 3 is 2.59 bits per heavy atom. The third-order valence-electron chi connectivity index (χ3n) is 5.62. The first-order valence-electron chi connectivity index (χ1n) is 11.1. The molecule has 4 rings (SSSR count). The number of nitrogens with zero attached hydrogens (tertiary/aromatic N) is 4. The maximum absolute atomic E-state index is 12.7. The zero-order chi connectivity index (χ0) is 26.7. The van der Waals surface area contributed by atoms with Crippen molar-refractivity contribution in [3.63, 3.8) is 0 Å². The zero-order valence-electron chi connectivity index (χ0n) is 19.9. The number of imidazole rings is 1. The molecule has 2 heterocycles. The highest BCUT2D eigenvalue weighted by Gasteiger charge is 2.21. The summed E-state index contributed by atoms with van der Waals surface area (Å²) in [5, 5.41) is 21.8. The maximum Gasteiger partial charge on any atom is 0.329 e. The van der Waals surface area contributed by atoms with Crippen LogP contribution in [0.5, 0.6) is 5.75 Å². The number of H-pyrrole nitrogens is 1. The van der Waals surface area contributed by atoms with Crippen molar-refractivity contribution in [1.29, 1.82) is 0 Å². The second kappa shape index (κ2) is 10.8. The van der Waals surface area contributed by atoms with Crippen LogP contribution in [0.15, 0.2) is 63.3 Å². The van der Waals surface area contributed by atoms with Gasteiger partial charge in [0.25, 0.3) is 11.2 Å². The number of para-hydroxylation sites is 1. The average molecular weight is 526 g/mol. The van der Waals surface area contributed by atoms with Crippen LogP contribution in [0.4, 0.5) is 5.69 Å². The third-order valence-corrected chi connectivity index (χ3v) is 6.60. The lowest BCUT2D eigenvalue weighted by Gasteiger charge is -2.16. The van der Waals surface area contributed by atoms with Gasteiger partial charge in [0, 0.05) is 24.7 Å². The second-order valence-corrected chi connectivity index (χ2v) is 9.18. The number of aryl methyl sites for hydroxylation is 2. The lowest BCUT2D eigenvalue weighted by Crippen LogP contribution is -2.30. The van der Waals surface area contributed by atoms with Crippen molar-refractivity contribution in [2.75, 3.05) is 12.4 Å². The SMILES string of the molecule is Cc1ccccc1OCC(O)Cn1c(SCC(=O)c2ccc([N+](=O)[O-])cc2)nc2c1c(=O)[nH]c(=O)n2C. The van der Waals surface area contributed by atoms with Crippen LogP contribution in [-0.2, 0) is 13.6 Å². The zero-order valence-corrected chi connectivity index (χ0v) is 20.7. The van der Waals surface area contributed by atoms with Crippen molar-refractivity contribution < 1.29 is 19.6 Å². The third kappa shape index (κ3) is 5.62. The van der Waals surface area contributed by atoms with Gasteiger partial charge in [0.15, 0.2) is 22.1 Å². The molecule has 192 valence electrons. The molecule has 1 atom stereocenters. The van der Waals surface area contributed by atoms with Crippen molar-refractivity contribution in [2.45, 2.75) is 24.7 Å². The average Bonchev–Trinajstić information content (AvgIpc) is 3.24. The summed E-state index contributed by atoms with van der Waals surface area (Å²) < 4.78 is 8.35. The van der Waals surface area contributed by atoms with Gasteiger partial charge < -0.3 is 14.4 Å². The smallest absolute Gasteiger partial charge is 0.329 e. The van der Waals surface area contributed by atoms with Gasteiger partial charge in [0.2, 0.25) is 0 Å². The van der Waals surface area contributed by atoms with Crippen molar-refractivity contribution in [3.05, 3.63) is 90.6 Å². The second-order valence-electron chi connectivity index (χ2n) is 8.24. The van der Waals surface area contributed by atoms with Crippen molar-refractivity contribution >= 4 is 34.4 Å². The number of benzene rings is 2. The number of Topliss-reactive ketones (excluding diaryl/α,β-unsaturated/α-hetero) is 1. The number of rotatable bonds is 10. The van der Waals surface area contributed by atoms with Gasteiger partial charge in [0.05, 0.1) is 17.2 Å². The number of nitro benzene ring substituents is 1. The molecule has 0 radical (unpaired) electrons. The minimum absolute atomic E-state index is 0.0694. The van der Waals surface area contributed by atoms with Crippen molar-refractivity contribution in [2.24, 2.45) is 7.05 Å². The van der Waals surface area contributed by atoms with Gasteiger partial charge in [-0.3, -0.25) is 29.3 Å². The van der Waals surface area contributed by atoms with E-state index in [1.165, 1.54) is 40.4 Å². The molecule has 2 aromatic heterocycles. The van der Waals surface area contributed by atoms with E-state index in [2.05, 4.69) is 9.97 Å². The monoisotopic (exact) mass is 525 g/mol. The number of carbonyl (C=O) groups excluding carboxylic acids is 1. The number of ketones is 1.